The zero-order valence-corrected chi connectivity index (χ0v) is 19.5. The summed E-state index contributed by atoms with van der Waals surface area (Å²) >= 11 is 0. The first kappa shape index (κ1) is 25.2. The van der Waals surface area contributed by atoms with Crippen LogP contribution in [0.5, 0.6) is 5.75 Å². The molecule has 178 valence electrons. The lowest BCUT2D eigenvalue weighted by Crippen LogP contribution is -2.20. The van der Waals surface area contributed by atoms with E-state index in [0.717, 1.165) is 12.2 Å². The van der Waals surface area contributed by atoms with Gasteiger partial charge < -0.3 is 14.6 Å². The van der Waals surface area contributed by atoms with Gasteiger partial charge in [0, 0.05) is 18.8 Å². The molecule has 34 heavy (non-hydrogen) atoms. The third-order valence-electron chi connectivity index (χ3n) is 6.07. The van der Waals surface area contributed by atoms with E-state index in [-0.39, 0.29) is 30.0 Å². The van der Waals surface area contributed by atoms with Crippen molar-refractivity contribution in [2.45, 2.75) is 37.7 Å². The van der Waals surface area contributed by atoms with Crippen molar-refractivity contribution in [1.82, 2.24) is 0 Å². The number of hydrogen-bond acceptors (Lipinski definition) is 5. The van der Waals surface area contributed by atoms with Crippen molar-refractivity contribution in [3.63, 3.8) is 0 Å². The number of carbonyl (C=O) groups excluding carboxylic acids is 2. The van der Waals surface area contributed by atoms with E-state index in [2.05, 4.69) is 34.8 Å². The number of para-hydroxylation sites is 1. The summed E-state index contributed by atoms with van der Waals surface area (Å²) in [6.07, 6.45) is 8.46. The molecule has 0 bridgehead atoms. The van der Waals surface area contributed by atoms with Crippen LogP contribution in [0.2, 0.25) is 0 Å². The summed E-state index contributed by atoms with van der Waals surface area (Å²) in [5.41, 5.74) is 4.17. The molecule has 2 aromatic rings. The Morgan fingerprint density at radius 3 is 2.53 bits per heavy atom. The number of rotatable bonds is 11. The number of benzene rings is 2. The fourth-order valence-electron chi connectivity index (χ4n) is 4.30. The average molecular weight is 461 g/mol. The minimum absolute atomic E-state index is 0.0883. The van der Waals surface area contributed by atoms with Crippen LogP contribution in [0.4, 0.5) is 0 Å². The monoisotopic (exact) mass is 460 g/mol. The van der Waals surface area contributed by atoms with E-state index in [9.17, 15) is 14.7 Å². The fraction of sp³-hybridized carbons (Fsp3) is 0.345. The third kappa shape index (κ3) is 7.31. The second-order valence-corrected chi connectivity index (χ2v) is 8.34. The molecule has 1 fully saturated rings. The topological polar surface area (TPSA) is 72.8 Å². The lowest BCUT2D eigenvalue weighted by atomic mass is 9.83. The summed E-state index contributed by atoms with van der Waals surface area (Å²) < 4.78 is 10.3. The fourth-order valence-corrected chi connectivity index (χ4v) is 4.30. The molecule has 0 aromatic heterocycles. The number of methoxy groups -OCH3 is 1. The molecule has 3 rings (SSSR count). The largest absolute Gasteiger partial charge is 0.493 e. The van der Waals surface area contributed by atoms with Crippen LogP contribution in [0.3, 0.4) is 0 Å². The molecule has 0 radical (unpaired) electrons. The second-order valence-electron chi connectivity index (χ2n) is 8.34. The maximum Gasteiger partial charge on any atom is 0.335 e. The summed E-state index contributed by atoms with van der Waals surface area (Å²) in [6.45, 7) is 0.576. The van der Waals surface area contributed by atoms with Crippen molar-refractivity contribution in [3.05, 3.63) is 96.3 Å². The molecule has 1 aliphatic carbocycles. The highest BCUT2D eigenvalue weighted by Gasteiger charge is 2.40. The first-order chi connectivity index (χ1) is 16.6. The highest BCUT2D eigenvalue weighted by molar-refractivity contribution is 5.85. The van der Waals surface area contributed by atoms with Crippen molar-refractivity contribution in [1.29, 1.82) is 0 Å². The molecule has 0 amide bonds. The number of carbonyl (C=O) groups is 2. The molecule has 0 heterocycles. The van der Waals surface area contributed by atoms with Gasteiger partial charge in [0.1, 0.15) is 11.5 Å². The van der Waals surface area contributed by atoms with Gasteiger partial charge >= 0.3 is 5.97 Å². The van der Waals surface area contributed by atoms with Gasteiger partial charge in [-0.25, -0.2) is 4.79 Å². The van der Waals surface area contributed by atoms with Crippen LogP contribution in [0.25, 0.3) is 0 Å². The predicted molar refractivity (Wildman–Crippen MR) is 131 cm³/mol. The van der Waals surface area contributed by atoms with E-state index < -0.39 is 12.1 Å². The summed E-state index contributed by atoms with van der Waals surface area (Å²) in [7, 11) is 1.24. The number of ketones is 1. The average Bonchev–Trinajstić information content (AvgIpc) is 3.19. The maximum atomic E-state index is 12.9. The minimum Gasteiger partial charge on any atom is -0.493 e. The highest BCUT2D eigenvalue weighted by atomic mass is 16.5. The van der Waals surface area contributed by atoms with E-state index in [1.807, 2.05) is 54.6 Å². The predicted octanol–water partition coefficient (Wildman–Crippen LogP) is 5.03. The van der Waals surface area contributed by atoms with Gasteiger partial charge in [-0.2, -0.15) is 0 Å². The van der Waals surface area contributed by atoms with Gasteiger partial charge in [0.25, 0.3) is 0 Å². The van der Waals surface area contributed by atoms with Crippen LogP contribution in [-0.4, -0.2) is 36.7 Å². The van der Waals surface area contributed by atoms with E-state index >= 15 is 0 Å². The molecule has 1 saturated carbocycles. The minimum atomic E-state index is -1.20. The maximum absolute atomic E-state index is 12.9. The first-order valence-electron chi connectivity index (χ1n) is 11.7. The van der Waals surface area contributed by atoms with Crippen molar-refractivity contribution < 1.29 is 24.2 Å². The standard InChI is InChI=1S/C29H32O5/c1-33-29(32)27(30)19-10-4-9-18-25-24(17-11-12-20-34-23-15-7-3-8-16-23)26(21-28(25)31)22-13-5-2-6-14-22/h2-3,5-11,13-17,24-27,30H,12,18-21H2,1H3/b17-11+/t4?,24-,25-,26+,27?/m1/s1. The molecule has 5 heteroatoms. The SMILES string of the molecule is COC(=O)C(O)CC=C=CC[C@H]1C(=O)C[C@@H](c2ccccc2)[C@@H]1/C=C/CCOc1ccccc1. The van der Waals surface area contributed by atoms with Crippen LogP contribution >= 0.6 is 0 Å². The Morgan fingerprint density at radius 2 is 1.82 bits per heavy atom. The normalized spacial score (nSPS) is 20.5. The number of allylic oxidation sites excluding steroid dienone is 1. The molecule has 0 spiro atoms. The van der Waals surface area contributed by atoms with Gasteiger partial charge in [-0.1, -0.05) is 60.7 Å². The molecular formula is C29H32O5. The van der Waals surface area contributed by atoms with E-state index in [4.69, 9.17) is 4.74 Å². The lowest BCUT2D eigenvalue weighted by molar-refractivity contribution is -0.150. The van der Waals surface area contributed by atoms with Crippen molar-refractivity contribution >= 4 is 11.8 Å². The number of aliphatic hydroxyl groups excluding tert-OH is 1. The van der Waals surface area contributed by atoms with E-state index in [1.54, 1.807) is 6.08 Å². The molecule has 2 aromatic carbocycles. The third-order valence-corrected chi connectivity index (χ3v) is 6.07. The van der Waals surface area contributed by atoms with Crippen molar-refractivity contribution in [3.8, 4) is 5.75 Å². The van der Waals surface area contributed by atoms with Crippen LogP contribution in [0, 0.1) is 11.8 Å². The van der Waals surface area contributed by atoms with Crippen LogP contribution in [0.1, 0.15) is 37.2 Å². The van der Waals surface area contributed by atoms with Gasteiger partial charge in [0.05, 0.1) is 13.7 Å². The zero-order chi connectivity index (χ0) is 24.2. The van der Waals surface area contributed by atoms with Gasteiger partial charge in [0.15, 0.2) is 6.10 Å². The number of hydrogen-bond donors (Lipinski definition) is 1. The van der Waals surface area contributed by atoms with Crippen LogP contribution in [-0.2, 0) is 14.3 Å². The first-order valence-corrected chi connectivity index (χ1v) is 11.7. The Morgan fingerprint density at radius 1 is 1.12 bits per heavy atom. The summed E-state index contributed by atoms with van der Waals surface area (Å²) in [5, 5.41) is 9.65. The molecule has 0 aliphatic heterocycles. The quantitative estimate of drug-likeness (QED) is 0.220. The molecular weight excluding hydrogens is 428 g/mol. The lowest BCUT2D eigenvalue weighted by Gasteiger charge is -2.20. The van der Waals surface area contributed by atoms with Crippen molar-refractivity contribution in [2.75, 3.05) is 13.7 Å². The summed E-state index contributed by atoms with van der Waals surface area (Å²) in [4.78, 5) is 24.2. The molecule has 4 atom stereocenters. The summed E-state index contributed by atoms with van der Waals surface area (Å²) in [6, 6.07) is 19.9. The van der Waals surface area contributed by atoms with Crippen LogP contribution < -0.4 is 4.74 Å². The van der Waals surface area contributed by atoms with Crippen molar-refractivity contribution in [2.24, 2.45) is 11.8 Å². The number of esters is 1. The Labute approximate surface area is 201 Å². The molecule has 0 saturated heterocycles. The number of ether oxygens (including phenoxy) is 2. The van der Waals surface area contributed by atoms with Gasteiger partial charge in [-0.3, -0.25) is 4.79 Å². The van der Waals surface area contributed by atoms with Gasteiger partial charge in [-0.05, 0) is 54.5 Å². The van der Waals surface area contributed by atoms with Gasteiger partial charge in [-0.15, -0.1) is 5.73 Å². The smallest absolute Gasteiger partial charge is 0.335 e. The van der Waals surface area contributed by atoms with E-state index in [0.29, 0.717) is 19.4 Å². The van der Waals surface area contributed by atoms with E-state index in [1.165, 1.54) is 12.7 Å². The highest BCUT2D eigenvalue weighted by Crippen LogP contribution is 2.44. The Hall–Kier alpha value is -3.40. The van der Waals surface area contributed by atoms with Gasteiger partial charge in [0.2, 0.25) is 0 Å². The Kier molecular flexibility index (Phi) is 9.90. The second kappa shape index (κ2) is 13.3. The van der Waals surface area contributed by atoms with Crippen LogP contribution in [0.15, 0.2) is 90.7 Å². The number of Topliss-reactive ketones (excluding diaryl/α,β-unsaturated/α-hetero) is 1. The molecule has 1 unspecified atom stereocenters. The zero-order valence-electron chi connectivity index (χ0n) is 19.5. The molecule has 5 nitrogen and oxygen atoms in total. The molecule has 1 aliphatic rings. The Bertz CT molecular complexity index is 1010. The number of aliphatic hydroxyl groups is 1. The molecule has 1 N–H and O–H groups in total. The summed E-state index contributed by atoms with van der Waals surface area (Å²) in [5.74, 6) is 0.519. The Balaban J connectivity index is 1.64.